The Hall–Kier alpha value is -1.85. The van der Waals surface area contributed by atoms with Gasteiger partial charge < -0.3 is 15.7 Å². The molecular weight excluding hydrogens is 200 g/mol. The van der Waals surface area contributed by atoms with Gasteiger partial charge in [0.05, 0.1) is 0 Å². The van der Waals surface area contributed by atoms with Gasteiger partial charge in [0.1, 0.15) is 12.1 Å². The van der Waals surface area contributed by atoms with Crippen molar-refractivity contribution in [2.45, 2.75) is 25.9 Å². The lowest BCUT2D eigenvalue weighted by atomic mass is 10.2. The van der Waals surface area contributed by atoms with Crippen LogP contribution in [0.4, 0.5) is 0 Å². The number of nitrogens with one attached hydrogen (secondary N) is 2. The van der Waals surface area contributed by atoms with Gasteiger partial charge in [-0.25, -0.2) is 0 Å². The zero-order chi connectivity index (χ0) is 12.0. The van der Waals surface area contributed by atoms with Crippen molar-refractivity contribution in [3.8, 4) is 0 Å². The summed E-state index contributed by atoms with van der Waals surface area (Å²) < 4.78 is 0. The fraction of sp³-hybridized carbons (Fsp3) is 0.444. The Morgan fingerprint density at radius 1 is 1.20 bits per heavy atom. The second kappa shape index (κ2) is 5.79. The van der Waals surface area contributed by atoms with E-state index in [1.807, 2.05) is 0 Å². The van der Waals surface area contributed by atoms with Crippen LogP contribution in [0.2, 0.25) is 0 Å². The first kappa shape index (κ1) is 13.2. The standard InChI is InChI=1S/C9H14N2O4/c1-4-7(12)10-5(2)8(13)11-6(3)9(14)15/h4-6H,1H2,2-3H3,(H,10,12)(H,11,13)(H,14,15)/t5-,6-/m0/s1. The number of rotatable bonds is 5. The lowest BCUT2D eigenvalue weighted by molar-refractivity contribution is -0.141. The molecule has 0 aliphatic heterocycles. The highest BCUT2D eigenvalue weighted by Crippen LogP contribution is 1.87. The molecule has 0 rings (SSSR count). The summed E-state index contributed by atoms with van der Waals surface area (Å²) in [5, 5.41) is 13.1. The number of carbonyl (C=O) groups is 3. The van der Waals surface area contributed by atoms with Crippen LogP contribution in [0.5, 0.6) is 0 Å². The van der Waals surface area contributed by atoms with Crippen LogP contribution in [0, 0.1) is 0 Å². The third kappa shape index (κ3) is 4.80. The summed E-state index contributed by atoms with van der Waals surface area (Å²) >= 11 is 0. The maximum Gasteiger partial charge on any atom is 0.325 e. The fourth-order valence-corrected chi connectivity index (χ4v) is 0.738. The summed E-state index contributed by atoms with van der Waals surface area (Å²) in [6.45, 7) is 6.01. The Morgan fingerprint density at radius 3 is 2.13 bits per heavy atom. The predicted octanol–water partition coefficient (Wildman–Crippen LogP) is -0.734. The van der Waals surface area contributed by atoms with Crippen molar-refractivity contribution < 1.29 is 19.5 Å². The molecule has 2 atom stereocenters. The first-order valence-corrected chi connectivity index (χ1v) is 4.34. The van der Waals surface area contributed by atoms with Gasteiger partial charge in [0.2, 0.25) is 11.8 Å². The Kier molecular flexibility index (Phi) is 5.08. The van der Waals surface area contributed by atoms with Crippen molar-refractivity contribution in [3.63, 3.8) is 0 Å². The summed E-state index contributed by atoms with van der Waals surface area (Å²) in [7, 11) is 0. The minimum Gasteiger partial charge on any atom is -0.480 e. The molecule has 0 spiro atoms. The molecule has 0 aliphatic rings. The van der Waals surface area contributed by atoms with Crippen LogP contribution >= 0.6 is 0 Å². The largest absolute Gasteiger partial charge is 0.480 e. The van der Waals surface area contributed by atoms with Gasteiger partial charge in [0, 0.05) is 0 Å². The molecule has 0 heterocycles. The van der Waals surface area contributed by atoms with Crippen LogP contribution in [-0.4, -0.2) is 35.0 Å². The smallest absolute Gasteiger partial charge is 0.325 e. The van der Waals surface area contributed by atoms with Gasteiger partial charge in [-0.3, -0.25) is 14.4 Å². The molecule has 3 N–H and O–H groups in total. The van der Waals surface area contributed by atoms with Crippen molar-refractivity contribution in [1.29, 1.82) is 0 Å². The summed E-state index contributed by atoms with van der Waals surface area (Å²) in [5.41, 5.74) is 0. The number of carboxylic acids is 1. The van der Waals surface area contributed by atoms with Gasteiger partial charge in [-0.2, -0.15) is 0 Å². The minimum atomic E-state index is -1.13. The molecule has 0 unspecified atom stereocenters. The number of carbonyl (C=O) groups excluding carboxylic acids is 2. The highest BCUT2D eigenvalue weighted by molar-refractivity contribution is 5.93. The van der Waals surface area contributed by atoms with E-state index in [1.165, 1.54) is 13.8 Å². The summed E-state index contributed by atoms with van der Waals surface area (Å²) in [5.74, 6) is -2.17. The van der Waals surface area contributed by atoms with Gasteiger partial charge in [-0.1, -0.05) is 6.58 Å². The van der Waals surface area contributed by atoms with Crippen LogP contribution < -0.4 is 10.6 Å². The zero-order valence-corrected chi connectivity index (χ0v) is 8.61. The summed E-state index contributed by atoms with van der Waals surface area (Å²) in [6, 6.07) is -1.78. The van der Waals surface area contributed by atoms with Crippen LogP contribution in [0.3, 0.4) is 0 Å². The predicted molar refractivity (Wildman–Crippen MR) is 53.0 cm³/mol. The quantitative estimate of drug-likeness (QED) is 0.525. The molecule has 0 fully saturated rings. The fourth-order valence-electron chi connectivity index (χ4n) is 0.738. The molecule has 0 saturated heterocycles. The molecule has 0 radical (unpaired) electrons. The second-order valence-corrected chi connectivity index (χ2v) is 3.00. The lowest BCUT2D eigenvalue weighted by Crippen LogP contribution is -2.49. The highest BCUT2D eigenvalue weighted by Gasteiger charge is 2.19. The van der Waals surface area contributed by atoms with E-state index in [-0.39, 0.29) is 0 Å². The van der Waals surface area contributed by atoms with Crippen molar-refractivity contribution in [1.82, 2.24) is 10.6 Å². The van der Waals surface area contributed by atoms with E-state index in [1.54, 1.807) is 0 Å². The van der Waals surface area contributed by atoms with E-state index in [0.29, 0.717) is 0 Å². The van der Waals surface area contributed by atoms with Crippen molar-refractivity contribution >= 4 is 17.8 Å². The van der Waals surface area contributed by atoms with Crippen molar-refractivity contribution in [3.05, 3.63) is 12.7 Å². The monoisotopic (exact) mass is 214 g/mol. The zero-order valence-electron chi connectivity index (χ0n) is 8.61. The first-order valence-electron chi connectivity index (χ1n) is 4.34. The molecule has 0 aliphatic carbocycles. The van der Waals surface area contributed by atoms with E-state index < -0.39 is 29.9 Å². The van der Waals surface area contributed by atoms with Crippen molar-refractivity contribution in [2.24, 2.45) is 0 Å². The van der Waals surface area contributed by atoms with Gasteiger partial charge in [0.15, 0.2) is 0 Å². The third-order valence-corrected chi connectivity index (χ3v) is 1.67. The summed E-state index contributed by atoms with van der Waals surface area (Å²) in [4.78, 5) is 32.5. The van der Waals surface area contributed by atoms with Gasteiger partial charge in [-0.05, 0) is 19.9 Å². The topological polar surface area (TPSA) is 95.5 Å². The molecule has 6 heteroatoms. The Bertz CT molecular complexity index is 288. The van der Waals surface area contributed by atoms with E-state index in [2.05, 4.69) is 17.2 Å². The first-order chi connectivity index (χ1) is 6.88. The van der Waals surface area contributed by atoms with Crippen LogP contribution in [0.1, 0.15) is 13.8 Å². The molecule has 6 nitrogen and oxygen atoms in total. The molecule has 0 aromatic heterocycles. The van der Waals surface area contributed by atoms with Crippen molar-refractivity contribution in [2.75, 3.05) is 0 Å². The summed E-state index contributed by atoms with van der Waals surface area (Å²) in [6.07, 6.45) is 1.03. The lowest BCUT2D eigenvalue weighted by Gasteiger charge is -2.15. The third-order valence-electron chi connectivity index (χ3n) is 1.67. The molecule has 84 valence electrons. The van der Waals surface area contributed by atoms with Gasteiger partial charge in [-0.15, -0.1) is 0 Å². The average molecular weight is 214 g/mol. The maximum absolute atomic E-state index is 11.3. The molecule has 2 amide bonds. The van der Waals surface area contributed by atoms with Crippen LogP contribution in [0.15, 0.2) is 12.7 Å². The Balaban J connectivity index is 4.15. The van der Waals surface area contributed by atoms with E-state index in [4.69, 9.17) is 5.11 Å². The number of amides is 2. The van der Waals surface area contributed by atoms with E-state index >= 15 is 0 Å². The molecule has 15 heavy (non-hydrogen) atoms. The van der Waals surface area contributed by atoms with Crippen LogP contribution in [-0.2, 0) is 14.4 Å². The molecule has 0 saturated carbocycles. The molecular formula is C9H14N2O4. The normalized spacial score (nSPS) is 13.5. The Labute approximate surface area is 87.3 Å². The number of hydrogen-bond donors (Lipinski definition) is 3. The number of hydrogen-bond acceptors (Lipinski definition) is 3. The van der Waals surface area contributed by atoms with E-state index in [0.717, 1.165) is 6.08 Å². The average Bonchev–Trinajstić information content (AvgIpc) is 2.16. The minimum absolute atomic E-state index is 0.486. The molecule has 0 aromatic carbocycles. The second-order valence-electron chi connectivity index (χ2n) is 3.00. The number of carboxylic acid groups (broad SMARTS) is 1. The van der Waals surface area contributed by atoms with Gasteiger partial charge in [0.25, 0.3) is 0 Å². The maximum atomic E-state index is 11.3. The Morgan fingerprint density at radius 2 is 1.73 bits per heavy atom. The number of aliphatic carboxylic acids is 1. The molecule has 0 aromatic rings. The molecule has 0 bridgehead atoms. The van der Waals surface area contributed by atoms with Crippen LogP contribution in [0.25, 0.3) is 0 Å². The SMILES string of the molecule is C=CC(=O)N[C@@H](C)C(=O)N[C@@H](C)C(=O)O. The van der Waals surface area contributed by atoms with E-state index in [9.17, 15) is 14.4 Å². The van der Waals surface area contributed by atoms with Gasteiger partial charge >= 0.3 is 5.97 Å². The highest BCUT2D eigenvalue weighted by atomic mass is 16.4.